The van der Waals surface area contributed by atoms with Gasteiger partial charge in [-0.3, -0.25) is 4.79 Å². The molecule has 0 radical (unpaired) electrons. The van der Waals surface area contributed by atoms with Crippen LogP contribution in [0.2, 0.25) is 5.02 Å². The molecule has 1 aromatic carbocycles. The highest BCUT2D eigenvalue weighted by Gasteiger charge is 2.10. The van der Waals surface area contributed by atoms with E-state index in [-0.39, 0.29) is 18.8 Å². The van der Waals surface area contributed by atoms with Gasteiger partial charge in [0, 0.05) is 0 Å². The first kappa shape index (κ1) is 14.3. The molecule has 0 amide bonds. The molecule has 0 saturated carbocycles. The van der Waals surface area contributed by atoms with Crippen LogP contribution in [0.15, 0.2) is 24.3 Å². The van der Waals surface area contributed by atoms with Crippen LogP contribution >= 0.6 is 11.6 Å². The van der Waals surface area contributed by atoms with Crippen LogP contribution < -0.4 is 4.74 Å². The molecule has 1 aromatic rings. The lowest BCUT2D eigenvalue weighted by Gasteiger charge is -2.06. The van der Waals surface area contributed by atoms with Gasteiger partial charge in [0.2, 0.25) is 0 Å². The predicted molar refractivity (Wildman–Crippen MR) is 64.7 cm³/mol. The summed E-state index contributed by atoms with van der Waals surface area (Å²) in [5.41, 5.74) is 0. The van der Waals surface area contributed by atoms with Crippen molar-refractivity contribution in [2.75, 3.05) is 13.2 Å². The first-order chi connectivity index (χ1) is 8.63. The van der Waals surface area contributed by atoms with Gasteiger partial charge in [-0.05, 0) is 19.1 Å². The molecule has 0 aromatic heterocycles. The fraction of sp³-hybridized carbons (Fsp3) is 0.333. The Labute approximate surface area is 110 Å². The molecule has 0 heterocycles. The summed E-state index contributed by atoms with van der Waals surface area (Å²) in [4.78, 5) is 22.2. The summed E-state index contributed by atoms with van der Waals surface area (Å²) >= 11 is 5.79. The van der Waals surface area contributed by atoms with Gasteiger partial charge in [-0.1, -0.05) is 23.7 Å². The van der Waals surface area contributed by atoms with E-state index < -0.39 is 12.1 Å². The zero-order chi connectivity index (χ0) is 13.4. The lowest BCUT2D eigenvalue weighted by molar-refractivity contribution is -0.143. The molecule has 0 aliphatic rings. The Hall–Kier alpha value is -1.75. The Morgan fingerprint density at radius 1 is 1.22 bits per heavy atom. The Kier molecular flexibility index (Phi) is 6.00. The molecule has 0 fully saturated rings. The molecular weight excluding hydrogens is 260 g/mol. The van der Waals surface area contributed by atoms with Gasteiger partial charge in [-0.2, -0.15) is 0 Å². The van der Waals surface area contributed by atoms with Crippen molar-refractivity contribution in [1.82, 2.24) is 0 Å². The van der Waals surface area contributed by atoms with E-state index in [1.165, 1.54) is 6.07 Å². The van der Waals surface area contributed by atoms with E-state index in [9.17, 15) is 9.59 Å². The molecule has 0 bridgehead atoms. The summed E-state index contributed by atoms with van der Waals surface area (Å²) in [6, 6.07) is 6.51. The van der Waals surface area contributed by atoms with Crippen molar-refractivity contribution in [3.05, 3.63) is 29.3 Å². The van der Waals surface area contributed by atoms with E-state index in [1.807, 2.05) is 0 Å². The number of carbonyl (C=O) groups is 2. The summed E-state index contributed by atoms with van der Waals surface area (Å²) in [7, 11) is 0. The summed E-state index contributed by atoms with van der Waals surface area (Å²) in [5, 5.41) is 0.305. The molecule has 0 unspecified atom stereocenters. The Morgan fingerprint density at radius 2 is 1.94 bits per heavy atom. The number of ether oxygens (including phenoxy) is 3. The van der Waals surface area contributed by atoms with Gasteiger partial charge < -0.3 is 14.2 Å². The number of rotatable bonds is 5. The molecular formula is C12H13ClO5. The topological polar surface area (TPSA) is 61.8 Å². The maximum Gasteiger partial charge on any atom is 0.513 e. The van der Waals surface area contributed by atoms with Crippen LogP contribution in [-0.2, 0) is 14.3 Å². The van der Waals surface area contributed by atoms with E-state index in [1.54, 1.807) is 25.1 Å². The fourth-order valence-corrected chi connectivity index (χ4v) is 1.27. The van der Waals surface area contributed by atoms with Crippen LogP contribution in [-0.4, -0.2) is 25.3 Å². The largest absolute Gasteiger partial charge is 0.513 e. The van der Waals surface area contributed by atoms with Crippen molar-refractivity contribution < 1.29 is 23.8 Å². The third-order valence-corrected chi connectivity index (χ3v) is 2.17. The van der Waals surface area contributed by atoms with Gasteiger partial charge >= 0.3 is 12.1 Å². The number of carbonyl (C=O) groups excluding carboxylic acids is 2. The minimum absolute atomic E-state index is 0.00847. The van der Waals surface area contributed by atoms with Crippen molar-refractivity contribution in [2.24, 2.45) is 0 Å². The van der Waals surface area contributed by atoms with Crippen LogP contribution in [0.4, 0.5) is 4.79 Å². The van der Waals surface area contributed by atoms with Crippen molar-refractivity contribution >= 4 is 23.7 Å². The van der Waals surface area contributed by atoms with Crippen LogP contribution in [0.25, 0.3) is 0 Å². The average molecular weight is 273 g/mol. The van der Waals surface area contributed by atoms with Gasteiger partial charge in [0.25, 0.3) is 0 Å². The number of benzene rings is 1. The molecule has 0 saturated heterocycles. The van der Waals surface area contributed by atoms with E-state index >= 15 is 0 Å². The zero-order valence-electron chi connectivity index (χ0n) is 9.85. The van der Waals surface area contributed by atoms with Gasteiger partial charge in [-0.25, -0.2) is 4.79 Å². The fourth-order valence-electron chi connectivity index (χ4n) is 1.10. The summed E-state index contributed by atoms with van der Waals surface area (Å²) in [6.45, 7) is 1.90. The van der Waals surface area contributed by atoms with Gasteiger partial charge in [0.1, 0.15) is 6.61 Å². The average Bonchev–Trinajstić information content (AvgIpc) is 2.32. The van der Waals surface area contributed by atoms with Gasteiger partial charge in [0.15, 0.2) is 5.75 Å². The van der Waals surface area contributed by atoms with Crippen LogP contribution in [0.1, 0.15) is 13.3 Å². The van der Waals surface area contributed by atoms with E-state index in [0.29, 0.717) is 11.6 Å². The Balaban J connectivity index is 2.30. The Morgan fingerprint density at radius 3 is 2.61 bits per heavy atom. The SMILES string of the molecule is CCOC(=O)CCOC(=O)Oc1ccccc1Cl. The molecule has 1 rings (SSSR count). The van der Waals surface area contributed by atoms with Gasteiger partial charge in [0.05, 0.1) is 18.1 Å². The normalized spacial score (nSPS) is 9.67. The molecule has 0 aliphatic carbocycles. The third kappa shape index (κ3) is 5.05. The second-order valence-electron chi connectivity index (χ2n) is 3.19. The number of halogens is 1. The predicted octanol–water partition coefficient (Wildman–Crippen LogP) is 2.81. The first-order valence-corrected chi connectivity index (χ1v) is 5.76. The highest BCUT2D eigenvalue weighted by atomic mass is 35.5. The second kappa shape index (κ2) is 7.55. The van der Waals surface area contributed by atoms with Crippen LogP contribution in [0.3, 0.4) is 0 Å². The van der Waals surface area contributed by atoms with Crippen LogP contribution in [0, 0.1) is 0 Å². The maximum absolute atomic E-state index is 11.2. The highest BCUT2D eigenvalue weighted by Crippen LogP contribution is 2.23. The number of hydrogen-bond acceptors (Lipinski definition) is 5. The van der Waals surface area contributed by atoms with E-state index in [2.05, 4.69) is 4.74 Å². The van der Waals surface area contributed by atoms with E-state index in [0.717, 1.165) is 0 Å². The summed E-state index contributed by atoms with van der Waals surface area (Å²) in [5.74, 6) is -0.219. The standard InChI is InChI=1S/C12H13ClO5/c1-2-16-11(14)7-8-17-12(15)18-10-6-4-3-5-9(10)13/h3-6H,2,7-8H2,1H3. The van der Waals surface area contributed by atoms with Crippen molar-refractivity contribution in [2.45, 2.75) is 13.3 Å². The van der Waals surface area contributed by atoms with Crippen molar-refractivity contribution in [3.8, 4) is 5.75 Å². The van der Waals surface area contributed by atoms with E-state index in [4.69, 9.17) is 21.1 Å². The Bertz CT molecular complexity index is 419. The lowest BCUT2D eigenvalue weighted by atomic mass is 10.3. The molecule has 0 spiro atoms. The second-order valence-corrected chi connectivity index (χ2v) is 3.59. The minimum Gasteiger partial charge on any atom is -0.466 e. The van der Waals surface area contributed by atoms with Gasteiger partial charge in [-0.15, -0.1) is 0 Å². The van der Waals surface area contributed by atoms with Crippen molar-refractivity contribution in [3.63, 3.8) is 0 Å². The first-order valence-electron chi connectivity index (χ1n) is 5.38. The summed E-state index contributed by atoms with van der Waals surface area (Å²) in [6.07, 6.45) is -0.918. The third-order valence-electron chi connectivity index (χ3n) is 1.86. The number of esters is 1. The number of hydrogen-bond donors (Lipinski definition) is 0. The quantitative estimate of drug-likeness (QED) is 0.609. The molecule has 0 aliphatic heterocycles. The highest BCUT2D eigenvalue weighted by molar-refractivity contribution is 6.32. The molecule has 18 heavy (non-hydrogen) atoms. The monoisotopic (exact) mass is 272 g/mol. The van der Waals surface area contributed by atoms with Crippen LogP contribution in [0.5, 0.6) is 5.75 Å². The molecule has 5 nitrogen and oxygen atoms in total. The summed E-state index contributed by atoms with van der Waals surface area (Å²) < 4.78 is 14.2. The molecule has 0 atom stereocenters. The molecule has 6 heteroatoms. The molecule has 98 valence electrons. The molecule has 0 N–H and O–H groups in total. The zero-order valence-corrected chi connectivity index (χ0v) is 10.6. The number of para-hydroxylation sites is 1. The smallest absolute Gasteiger partial charge is 0.466 e. The maximum atomic E-state index is 11.2. The van der Waals surface area contributed by atoms with Crippen molar-refractivity contribution in [1.29, 1.82) is 0 Å². The lowest BCUT2D eigenvalue weighted by Crippen LogP contribution is -2.15. The minimum atomic E-state index is -0.910.